The number of aromatic nitrogens is 1. The summed E-state index contributed by atoms with van der Waals surface area (Å²) in [4.78, 5) is 15.8. The zero-order chi connectivity index (χ0) is 14.5. The van der Waals surface area contributed by atoms with Crippen LogP contribution in [0.15, 0.2) is 42.5 Å². The van der Waals surface area contributed by atoms with E-state index < -0.39 is 5.95 Å². The fourth-order valence-electron chi connectivity index (χ4n) is 1.78. The van der Waals surface area contributed by atoms with Gasteiger partial charge in [-0.15, -0.1) is 0 Å². The average Bonchev–Trinajstić information content (AvgIpc) is 2.38. The molecule has 0 saturated carbocycles. The predicted molar refractivity (Wildman–Crippen MR) is 77.3 cm³/mol. The number of nitrogens with one attached hydrogen (secondary N) is 2. The maximum Gasteiger partial charge on any atom is 0.258 e. The highest BCUT2D eigenvalue weighted by Crippen LogP contribution is 2.17. The molecule has 0 bridgehead atoms. The van der Waals surface area contributed by atoms with Crippen molar-refractivity contribution >= 4 is 17.4 Å². The number of carbonyl (C=O) groups excluding carboxylic acids is 1. The van der Waals surface area contributed by atoms with Crippen LogP contribution in [0.2, 0.25) is 0 Å². The largest absolute Gasteiger partial charge is 0.382 e. The molecule has 20 heavy (non-hydrogen) atoms. The number of pyridine rings is 1. The summed E-state index contributed by atoms with van der Waals surface area (Å²) in [7, 11) is 0. The molecular formula is C15H16FN3O. The van der Waals surface area contributed by atoms with E-state index >= 15 is 0 Å². The summed E-state index contributed by atoms with van der Waals surface area (Å²) in [5, 5.41) is 5.78. The van der Waals surface area contributed by atoms with Crippen LogP contribution in [0.25, 0.3) is 0 Å². The van der Waals surface area contributed by atoms with Gasteiger partial charge in [-0.1, -0.05) is 18.2 Å². The van der Waals surface area contributed by atoms with Crippen molar-refractivity contribution in [3.8, 4) is 0 Å². The van der Waals surface area contributed by atoms with Crippen molar-refractivity contribution in [3.63, 3.8) is 0 Å². The fraction of sp³-hybridized carbons (Fsp3) is 0.200. The van der Waals surface area contributed by atoms with E-state index in [2.05, 4.69) is 15.6 Å². The summed E-state index contributed by atoms with van der Waals surface area (Å²) in [6, 6.07) is 11.6. The Balaban J connectivity index is 2.21. The third-order valence-electron chi connectivity index (χ3n) is 2.57. The van der Waals surface area contributed by atoms with Gasteiger partial charge in [0.05, 0.1) is 5.56 Å². The molecule has 0 radical (unpaired) electrons. The first-order valence-electron chi connectivity index (χ1n) is 6.36. The van der Waals surface area contributed by atoms with Gasteiger partial charge >= 0.3 is 0 Å². The lowest BCUT2D eigenvalue weighted by Crippen LogP contribution is -2.18. The number of halogens is 1. The Morgan fingerprint density at radius 3 is 2.60 bits per heavy atom. The SMILES string of the molecule is CC(C)Nc1ccccc1C(=O)Nc1cccc(F)n1. The predicted octanol–water partition coefficient (Wildman–Crippen LogP) is 3.29. The quantitative estimate of drug-likeness (QED) is 0.840. The molecule has 2 N–H and O–H groups in total. The van der Waals surface area contributed by atoms with Gasteiger partial charge in [0, 0.05) is 11.7 Å². The molecule has 1 amide bonds. The molecule has 0 aliphatic heterocycles. The summed E-state index contributed by atoms with van der Waals surface area (Å²) >= 11 is 0. The average molecular weight is 273 g/mol. The monoisotopic (exact) mass is 273 g/mol. The zero-order valence-corrected chi connectivity index (χ0v) is 11.4. The summed E-state index contributed by atoms with van der Waals surface area (Å²) in [6.45, 7) is 3.98. The molecule has 0 aliphatic rings. The van der Waals surface area contributed by atoms with Crippen molar-refractivity contribution in [2.24, 2.45) is 0 Å². The second-order valence-electron chi connectivity index (χ2n) is 4.64. The van der Waals surface area contributed by atoms with Crippen molar-refractivity contribution in [1.29, 1.82) is 0 Å². The van der Waals surface area contributed by atoms with Crippen molar-refractivity contribution in [1.82, 2.24) is 4.98 Å². The van der Waals surface area contributed by atoms with Crippen LogP contribution in [-0.2, 0) is 0 Å². The standard InChI is InChI=1S/C15H16FN3O/c1-10(2)17-12-7-4-3-6-11(12)15(20)19-14-9-5-8-13(16)18-14/h3-10,17H,1-2H3,(H,18,19,20). The Bertz CT molecular complexity index is 614. The van der Waals surface area contributed by atoms with Crippen molar-refractivity contribution in [2.45, 2.75) is 19.9 Å². The van der Waals surface area contributed by atoms with Crippen LogP contribution in [0.1, 0.15) is 24.2 Å². The van der Waals surface area contributed by atoms with Crippen LogP contribution in [0.3, 0.4) is 0 Å². The van der Waals surface area contributed by atoms with E-state index in [0.717, 1.165) is 5.69 Å². The summed E-state index contributed by atoms with van der Waals surface area (Å²) in [6.07, 6.45) is 0. The Labute approximate surface area is 117 Å². The van der Waals surface area contributed by atoms with Gasteiger partial charge in [0.2, 0.25) is 5.95 Å². The number of anilines is 2. The Hall–Kier alpha value is -2.43. The summed E-state index contributed by atoms with van der Waals surface area (Å²) in [5.74, 6) is -0.766. The van der Waals surface area contributed by atoms with E-state index in [-0.39, 0.29) is 17.8 Å². The van der Waals surface area contributed by atoms with Crippen molar-refractivity contribution in [2.75, 3.05) is 10.6 Å². The van der Waals surface area contributed by atoms with Gasteiger partial charge in [-0.25, -0.2) is 4.98 Å². The number of amides is 1. The smallest absolute Gasteiger partial charge is 0.258 e. The van der Waals surface area contributed by atoms with Crippen LogP contribution in [-0.4, -0.2) is 16.9 Å². The van der Waals surface area contributed by atoms with E-state index in [0.29, 0.717) is 5.56 Å². The van der Waals surface area contributed by atoms with Gasteiger partial charge in [-0.3, -0.25) is 4.79 Å². The molecule has 2 aromatic rings. The Morgan fingerprint density at radius 2 is 1.90 bits per heavy atom. The van der Waals surface area contributed by atoms with Crippen LogP contribution in [0, 0.1) is 5.95 Å². The highest BCUT2D eigenvalue weighted by Gasteiger charge is 2.12. The van der Waals surface area contributed by atoms with E-state index in [4.69, 9.17) is 0 Å². The number of nitrogens with zero attached hydrogens (tertiary/aromatic N) is 1. The molecule has 0 atom stereocenters. The number of hydrogen-bond donors (Lipinski definition) is 2. The molecule has 4 nitrogen and oxygen atoms in total. The minimum absolute atomic E-state index is 0.189. The lowest BCUT2D eigenvalue weighted by molar-refractivity contribution is 0.102. The minimum Gasteiger partial charge on any atom is -0.382 e. The highest BCUT2D eigenvalue weighted by molar-refractivity contribution is 6.07. The lowest BCUT2D eigenvalue weighted by Gasteiger charge is -2.14. The van der Waals surface area contributed by atoms with Gasteiger partial charge in [0.1, 0.15) is 5.82 Å². The van der Waals surface area contributed by atoms with Gasteiger partial charge in [0.15, 0.2) is 0 Å². The summed E-state index contributed by atoms with van der Waals surface area (Å²) < 4.78 is 13.0. The maximum absolute atomic E-state index is 13.0. The van der Waals surface area contributed by atoms with E-state index in [9.17, 15) is 9.18 Å². The normalized spacial score (nSPS) is 10.4. The van der Waals surface area contributed by atoms with Gasteiger partial charge < -0.3 is 10.6 Å². The van der Waals surface area contributed by atoms with Crippen molar-refractivity contribution < 1.29 is 9.18 Å². The van der Waals surface area contributed by atoms with Gasteiger partial charge in [-0.2, -0.15) is 4.39 Å². The molecule has 2 rings (SSSR count). The zero-order valence-electron chi connectivity index (χ0n) is 11.4. The first-order chi connectivity index (χ1) is 9.56. The number of rotatable bonds is 4. The number of benzene rings is 1. The molecule has 1 heterocycles. The second-order valence-corrected chi connectivity index (χ2v) is 4.64. The highest BCUT2D eigenvalue weighted by atomic mass is 19.1. The third kappa shape index (κ3) is 3.54. The van der Waals surface area contributed by atoms with Crippen LogP contribution < -0.4 is 10.6 Å². The molecule has 104 valence electrons. The van der Waals surface area contributed by atoms with E-state index in [1.807, 2.05) is 26.0 Å². The molecule has 5 heteroatoms. The molecule has 0 fully saturated rings. The first kappa shape index (κ1) is 14.0. The van der Waals surface area contributed by atoms with Crippen LogP contribution >= 0.6 is 0 Å². The van der Waals surface area contributed by atoms with E-state index in [1.165, 1.54) is 12.1 Å². The topological polar surface area (TPSA) is 54.0 Å². The van der Waals surface area contributed by atoms with Crippen LogP contribution in [0.5, 0.6) is 0 Å². The molecule has 0 spiro atoms. The molecule has 0 saturated heterocycles. The fourth-order valence-corrected chi connectivity index (χ4v) is 1.78. The molecule has 1 aromatic heterocycles. The van der Waals surface area contributed by atoms with Gasteiger partial charge in [-0.05, 0) is 38.1 Å². The maximum atomic E-state index is 13.0. The lowest BCUT2D eigenvalue weighted by atomic mass is 10.1. The van der Waals surface area contributed by atoms with E-state index in [1.54, 1.807) is 18.2 Å². The molecular weight excluding hydrogens is 257 g/mol. The molecule has 1 aromatic carbocycles. The second kappa shape index (κ2) is 6.14. The number of para-hydroxylation sites is 1. The number of hydrogen-bond acceptors (Lipinski definition) is 3. The summed E-state index contributed by atoms with van der Waals surface area (Å²) in [5.41, 5.74) is 1.23. The Morgan fingerprint density at radius 1 is 1.15 bits per heavy atom. The third-order valence-corrected chi connectivity index (χ3v) is 2.57. The Kier molecular flexibility index (Phi) is 4.30. The first-order valence-corrected chi connectivity index (χ1v) is 6.36. The molecule has 0 unspecified atom stereocenters. The number of carbonyl (C=O) groups is 1. The van der Waals surface area contributed by atoms with Gasteiger partial charge in [0.25, 0.3) is 5.91 Å². The molecule has 0 aliphatic carbocycles. The van der Waals surface area contributed by atoms with Crippen LogP contribution in [0.4, 0.5) is 15.9 Å². The van der Waals surface area contributed by atoms with Crippen molar-refractivity contribution in [3.05, 3.63) is 54.0 Å². The minimum atomic E-state index is -0.628.